The molecule has 0 spiro atoms. The van der Waals surface area contributed by atoms with Crippen LogP contribution in [0.2, 0.25) is 0 Å². The summed E-state index contributed by atoms with van der Waals surface area (Å²) in [6.45, 7) is 4.28. The van der Waals surface area contributed by atoms with E-state index in [1.165, 1.54) is 0 Å². The Labute approximate surface area is 172 Å². The van der Waals surface area contributed by atoms with Crippen LogP contribution in [-0.4, -0.2) is 45.8 Å². The molecule has 3 N–H and O–H groups in total. The molecule has 2 aliphatic carbocycles. The fraction of sp³-hybridized carbons (Fsp3) is 0.783. The first-order valence-electron chi connectivity index (χ1n) is 11.1. The monoisotopic (exact) mass is 410 g/mol. The van der Waals surface area contributed by atoms with Crippen LogP contribution in [0.3, 0.4) is 0 Å². The van der Waals surface area contributed by atoms with Gasteiger partial charge in [0.1, 0.15) is 11.9 Å². The van der Waals surface area contributed by atoms with E-state index in [-0.39, 0.29) is 23.9 Å². The molecule has 1 aliphatic heterocycles. The van der Waals surface area contributed by atoms with Gasteiger partial charge in [-0.1, -0.05) is 45.3 Å². The summed E-state index contributed by atoms with van der Waals surface area (Å²) in [5, 5.41) is 29.7. The molecule has 7 atom stereocenters. The standard InChI is InChI=1S/C23H35FO5/c1-3-4-5-13(2)8-16(25)6-7-17-18(26)12-19-21(17)22(24)20(29-19)11-14-9-15(10-14)23(27)28/h6-7,11,13-19,21-22,25-26H,3-5,8-10,12H2,1-2H3,(H,27,28)/b7-6+,20-11-/t13-,14?,15?,16+,17-,18+,19-,21+,22-/m0/s1. The van der Waals surface area contributed by atoms with Crippen molar-refractivity contribution in [3.8, 4) is 0 Å². The Kier molecular flexibility index (Phi) is 7.38. The molecule has 0 aromatic heterocycles. The Morgan fingerprint density at radius 2 is 2.07 bits per heavy atom. The third-order valence-electron chi connectivity index (χ3n) is 6.86. The molecule has 0 aromatic carbocycles. The number of aliphatic carboxylic acids is 1. The maximum Gasteiger partial charge on any atom is 0.306 e. The number of hydrogen-bond donors (Lipinski definition) is 3. The normalized spacial score (nSPS) is 39.9. The van der Waals surface area contributed by atoms with Gasteiger partial charge in [0, 0.05) is 18.3 Å². The second kappa shape index (κ2) is 9.61. The van der Waals surface area contributed by atoms with Gasteiger partial charge in [0.25, 0.3) is 0 Å². The van der Waals surface area contributed by atoms with Gasteiger partial charge >= 0.3 is 5.97 Å². The van der Waals surface area contributed by atoms with Gasteiger partial charge in [0.2, 0.25) is 0 Å². The van der Waals surface area contributed by atoms with Crippen LogP contribution in [0, 0.1) is 29.6 Å². The maximum atomic E-state index is 15.1. The third-order valence-corrected chi connectivity index (χ3v) is 6.86. The van der Waals surface area contributed by atoms with Crippen molar-refractivity contribution < 1.29 is 29.2 Å². The van der Waals surface area contributed by atoms with E-state index in [1.807, 2.05) is 0 Å². The summed E-state index contributed by atoms with van der Waals surface area (Å²) in [4.78, 5) is 10.9. The highest BCUT2D eigenvalue weighted by Crippen LogP contribution is 2.48. The zero-order valence-electron chi connectivity index (χ0n) is 17.4. The van der Waals surface area contributed by atoms with E-state index in [0.29, 0.717) is 37.4 Å². The van der Waals surface area contributed by atoms with Crippen LogP contribution in [0.15, 0.2) is 24.0 Å². The van der Waals surface area contributed by atoms with Crippen LogP contribution in [0.5, 0.6) is 0 Å². The predicted octanol–water partition coefficient (Wildman–Crippen LogP) is 3.85. The zero-order valence-corrected chi connectivity index (χ0v) is 17.4. The zero-order chi connectivity index (χ0) is 21.1. The highest BCUT2D eigenvalue weighted by atomic mass is 19.1. The summed E-state index contributed by atoms with van der Waals surface area (Å²) < 4.78 is 20.9. The van der Waals surface area contributed by atoms with Gasteiger partial charge in [-0.25, -0.2) is 4.39 Å². The van der Waals surface area contributed by atoms with Crippen molar-refractivity contribution in [1.82, 2.24) is 0 Å². The van der Waals surface area contributed by atoms with Crippen molar-refractivity contribution in [3.05, 3.63) is 24.0 Å². The van der Waals surface area contributed by atoms with E-state index in [4.69, 9.17) is 9.84 Å². The summed E-state index contributed by atoms with van der Waals surface area (Å²) in [6, 6.07) is 0. The lowest BCUT2D eigenvalue weighted by atomic mass is 9.74. The molecule has 1 saturated heterocycles. The number of hydrogen-bond acceptors (Lipinski definition) is 4. The molecule has 0 bridgehead atoms. The van der Waals surface area contributed by atoms with Crippen LogP contribution in [-0.2, 0) is 9.53 Å². The molecule has 6 heteroatoms. The Balaban J connectivity index is 1.56. The minimum Gasteiger partial charge on any atom is -0.491 e. The molecule has 0 unspecified atom stereocenters. The fourth-order valence-electron chi connectivity index (χ4n) is 5.03. The van der Waals surface area contributed by atoms with Crippen LogP contribution in [0.25, 0.3) is 0 Å². The number of aliphatic hydroxyl groups excluding tert-OH is 2. The first-order chi connectivity index (χ1) is 13.8. The number of fused-ring (bicyclic) bond motifs is 1. The molecule has 3 rings (SSSR count). The fourth-order valence-corrected chi connectivity index (χ4v) is 5.03. The van der Waals surface area contributed by atoms with Gasteiger partial charge in [-0.2, -0.15) is 0 Å². The summed E-state index contributed by atoms with van der Waals surface area (Å²) in [6.07, 6.45) is 7.76. The van der Waals surface area contributed by atoms with E-state index >= 15 is 4.39 Å². The quantitative estimate of drug-likeness (QED) is 0.503. The van der Waals surface area contributed by atoms with Crippen LogP contribution >= 0.6 is 0 Å². The summed E-state index contributed by atoms with van der Waals surface area (Å²) in [7, 11) is 0. The van der Waals surface area contributed by atoms with Gasteiger partial charge in [-0.3, -0.25) is 4.79 Å². The predicted molar refractivity (Wildman–Crippen MR) is 108 cm³/mol. The van der Waals surface area contributed by atoms with Crippen molar-refractivity contribution in [2.24, 2.45) is 29.6 Å². The molecule has 3 aliphatic rings. The smallest absolute Gasteiger partial charge is 0.306 e. The summed E-state index contributed by atoms with van der Waals surface area (Å²) >= 11 is 0. The molecule has 0 radical (unpaired) electrons. The average molecular weight is 411 g/mol. The molecular weight excluding hydrogens is 375 g/mol. The number of carboxylic acid groups (broad SMARTS) is 1. The van der Waals surface area contributed by atoms with Crippen molar-refractivity contribution >= 4 is 5.97 Å². The maximum absolute atomic E-state index is 15.1. The highest BCUT2D eigenvalue weighted by Gasteiger charge is 2.53. The van der Waals surface area contributed by atoms with Gasteiger partial charge in [-0.15, -0.1) is 0 Å². The molecule has 29 heavy (non-hydrogen) atoms. The Hall–Kier alpha value is -1.40. The molecule has 2 saturated carbocycles. The third kappa shape index (κ3) is 5.21. The first kappa shape index (κ1) is 22.3. The summed E-state index contributed by atoms with van der Waals surface area (Å²) in [5.41, 5.74) is 0. The number of halogens is 1. The van der Waals surface area contributed by atoms with Crippen molar-refractivity contribution in [2.45, 2.75) is 83.3 Å². The highest BCUT2D eigenvalue weighted by molar-refractivity contribution is 5.71. The minimum absolute atomic E-state index is 0.0496. The second-order valence-electron chi connectivity index (χ2n) is 9.29. The van der Waals surface area contributed by atoms with Gasteiger partial charge < -0.3 is 20.1 Å². The van der Waals surface area contributed by atoms with Crippen molar-refractivity contribution in [1.29, 1.82) is 0 Å². The van der Waals surface area contributed by atoms with E-state index in [0.717, 1.165) is 19.3 Å². The number of ether oxygens (including phenoxy) is 1. The van der Waals surface area contributed by atoms with E-state index in [2.05, 4.69) is 13.8 Å². The van der Waals surface area contributed by atoms with Gasteiger partial charge in [-0.05, 0) is 37.2 Å². The largest absolute Gasteiger partial charge is 0.491 e. The first-order valence-corrected chi connectivity index (χ1v) is 11.1. The van der Waals surface area contributed by atoms with Crippen LogP contribution < -0.4 is 0 Å². The number of carbonyl (C=O) groups is 1. The van der Waals surface area contributed by atoms with E-state index < -0.39 is 30.3 Å². The van der Waals surface area contributed by atoms with E-state index in [1.54, 1.807) is 18.2 Å². The SMILES string of the molecule is CCCC[C@H](C)C[C@H](O)/C=C/[C@@H]1[C@@H]2[C@H](C[C@H]1O)O/C(=C\C1CC(C(=O)O)C1)[C@@H]2F. The number of aliphatic hydroxyl groups is 2. The average Bonchev–Trinajstić information content (AvgIpc) is 3.08. The molecular formula is C23H35FO5. The molecule has 164 valence electrons. The number of allylic oxidation sites excluding steroid dienone is 2. The Morgan fingerprint density at radius 3 is 2.72 bits per heavy atom. The molecule has 3 fully saturated rings. The van der Waals surface area contributed by atoms with Crippen molar-refractivity contribution in [2.75, 3.05) is 0 Å². The summed E-state index contributed by atoms with van der Waals surface area (Å²) in [5.74, 6) is -1.19. The molecule has 0 amide bonds. The van der Waals surface area contributed by atoms with E-state index in [9.17, 15) is 15.0 Å². The number of carboxylic acids is 1. The Morgan fingerprint density at radius 1 is 1.34 bits per heavy atom. The second-order valence-corrected chi connectivity index (χ2v) is 9.29. The number of rotatable bonds is 9. The van der Waals surface area contributed by atoms with Crippen LogP contribution in [0.4, 0.5) is 4.39 Å². The lowest BCUT2D eigenvalue weighted by molar-refractivity contribution is -0.145. The molecule has 5 nitrogen and oxygen atoms in total. The van der Waals surface area contributed by atoms with Crippen molar-refractivity contribution in [3.63, 3.8) is 0 Å². The topological polar surface area (TPSA) is 87.0 Å². The lowest BCUT2D eigenvalue weighted by Crippen LogP contribution is -2.30. The molecule has 1 heterocycles. The number of unbranched alkanes of at least 4 members (excludes halogenated alkanes) is 1. The minimum atomic E-state index is -1.30. The van der Waals surface area contributed by atoms with Crippen LogP contribution in [0.1, 0.15) is 58.8 Å². The van der Waals surface area contributed by atoms with Gasteiger partial charge in [0.05, 0.1) is 18.1 Å². The Bertz CT molecular complexity index is 627. The number of alkyl halides is 1. The molecule has 0 aromatic rings. The van der Waals surface area contributed by atoms with Gasteiger partial charge in [0.15, 0.2) is 6.17 Å². The lowest BCUT2D eigenvalue weighted by Gasteiger charge is -2.30.